The maximum atomic E-state index is 5.03. The first kappa shape index (κ1) is 8.49. The van der Waals surface area contributed by atoms with Crippen molar-refractivity contribution in [3.63, 3.8) is 0 Å². The van der Waals surface area contributed by atoms with Crippen LogP contribution >= 0.6 is 0 Å². The number of nitrogens with one attached hydrogen (secondary N) is 2. The van der Waals surface area contributed by atoms with E-state index in [1.165, 1.54) is 0 Å². The number of methoxy groups -OCH3 is 1. The molecule has 0 aliphatic heterocycles. The second-order valence-electron chi connectivity index (χ2n) is 2.59. The van der Waals surface area contributed by atoms with Crippen LogP contribution in [0.4, 0.5) is 11.6 Å². The van der Waals surface area contributed by atoms with Gasteiger partial charge in [0.1, 0.15) is 5.75 Å². The Balaban J connectivity index is 2.10. The van der Waals surface area contributed by atoms with Crippen LogP contribution in [0.15, 0.2) is 24.3 Å². The van der Waals surface area contributed by atoms with Gasteiger partial charge >= 0.3 is 0 Å². The van der Waals surface area contributed by atoms with Crippen molar-refractivity contribution in [2.24, 2.45) is 0 Å². The average Bonchev–Trinajstić information content (AvgIpc) is 2.72. The van der Waals surface area contributed by atoms with Crippen LogP contribution in [0.2, 0.25) is 0 Å². The van der Waals surface area contributed by atoms with E-state index in [9.17, 15) is 0 Å². The van der Waals surface area contributed by atoms with E-state index in [1.54, 1.807) is 7.11 Å². The lowest BCUT2D eigenvalue weighted by Crippen LogP contribution is -1.92. The number of benzene rings is 1. The van der Waals surface area contributed by atoms with Gasteiger partial charge in [-0.25, -0.2) is 0 Å². The van der Waals surface area contributed by atoms with E-state index in [2.05, 4.69) is 25.9 Å². The minimum absolute atomic E-state index is 0.440. The fourth-order valence-electron chi connectivity index (χ4n) is 1.02. The Labute approximate surface area is 80.3 Å². The van der Waals surface area contributed by atoms with Gasteiger partial charge in [-0.1, -0.05) is 5.10 Å². The van der Waals surface area contributed by atoms with E-state index in [0.29, 0.717) is 5.95 Å². The van der Waals surface area contributed by atoms with Gasteiger partial charge in [0.25, 0.3) is 5.95 Å². The van der Waals surface area contributed by atoms with Crippen LogP contribution in [-0.4, -0.2) is 27.7 Å². The second kappa shape index (κ2) is 3.73. The summed E-state index contributed by atoms with van der Waals surface area (Å²) in [6.45, 7) is 0. The Morgan fingerprint density at radius 3 is 2.64 bits per heavy atom. The molecule has 0 atom stereocenters. The first-order valence-corrected chi connectivity index (χ1v) is 4.03. The van der Waals surface area contributed by atoms with Crippen LogP contribution in [0.5, 0.6) is 5.75 Å². The lowest BCUT2D eigenvalue weighted by Gasteiger charge is -2.02. The highest BCUT2D eigenvalue weighted by Crippen LogP contribution is 2.16. The lowest BCUT2D eigenvalue weighted by molar-refractivity contribution is 0.415. The summed E-state index contributed by atoms with van der Waals surface area (Å²) in [6, 6.07) is 7.44. The van der Waals surface area contributed by atoms with Gasteiger partial charge in [0.15, 0.2) is 0 Å². The molecule has 0 aliphatic rings. The van der Waals surface area contributed by atoms with Crippen LogP contribution < -0.4 is 10.1 Å². The number of rotatable bonds is 3. The number of ether oxygens (including phenoxy) is 1. The van der Waals surface area contributed by atoms with E-state index in [1.807, 2.05) is 24.3 Å². The molecule has 0 radical (unpaired) electrons. The summed E-state index contributed by atoms with van der Waals surface area (Å²) < 4.78 is 5.03. The number of hydrogen-bond acceptors (Lipinski definition) is 5. The average molecular weight is 191 g/mol. The van der Waals surface area contributed by atoms with E-state index in [-0.39, 0.29) is 0 Å². The minimum atomic E-state index is 0.440. The fourth-order valence-corrected chi connectivity index (χ4v) is 1.02. The molecule has 1 heterocycles. The van der Waals surface area contributed by atoms with Crippen molar-refractivity contribution in [3.8, 4) is 5.75 Å². The Kier molecular flexibility index (Phi) is 2.26. The van der Waals surface area contributed by atoms with Crippen LogP contribution in [0, 0.1) is 0 Å². The third-order valence-electron chi connectivity index (χ3n) is 1.69. The molecule has 0 amide bonds. The Morgan fingerprint density at radius 1 is 1.29 bits per heavy atom. The van der Waals surface area contributed by atoms with Crippen molar-refractivity contribution in [2.75, 3.05) is 12.4 Å². The predicted octanol–water partition coefficient (Wildman–Crippen LogP) is 0.952. The standard InChI is InChI=1S/C8H9N5O/c1-14-7-4-2-6(3-5-7)9-8-10-12-13-11-8/h2-5H,1H3,(H2,9,10,11,12,13). The molecule has 0 unspecified atom stereocenters. The van der Waals surface area contributed by atoms with Crippen molar-refractivity contribution in [2.45, 2.75) is 0 Å². The highest BCUT2D eigenvalue weighted by molar-refractivity contribution is 5.53. The smallest absolute Gasteiger partial charge is 0.267 e. The quantitative estimate of drug-likeness (QED) is 0.755. The molecule has 6 nitrogen and oxygen atoms in total. The van der Waals surface area contributed by atoms with Crippen LogP contribution in [0.25, 0.3) is 0 Å². The van der Waals surface area contributed by atoms with Crippen molar-refractivity contribution in [3.05, 3.63) is 24.3 Å². The summed E-state index contributed by atoms with van der Waals surface area (Å²) >= 11 is 0. The molecule has 0 fully saturated rings. The Bertz CT molecular complexity index is 383. The molecule has 14 heavy (non-hydrogen) atoms. The van der Waals surface area contributed by atoms with Gasteiger partial charge in [-0.2, -0.15) is 5.21 Å². The molecule has 0 spiro atoms. The minimum Gasteiger partial charge on any atom is -0.497 e. The van der Waals surface area contributed by atoms with Gasteiger partial charge in [-0.05, 0) is 29.5 Å². The monoisotopic (exact) mass is 191 g/mol. The normalized spacial score (nSPS) is 9.79. The third kappa shape index (κ3) is 1.79. The summed E-state index contributed by atoms with van der Waals surface area (Å²) in [7, 11) is 1.63. The third-order valence-corrected chi connectivity index (χ3v) is 1.69. The molecule has 2 N–H and O–H groups in total. The lowest BCUT2D eigenvalue weighted by atomic mass is 10.3. The second-order valence-corrected chi connectivity index (χ2v) is 2.59. The fraction of sp³-hybridized carbons (Fsp3) is 0.125. The summed E-state index contributed by atoms with van der Waals surface area (Å²) in [5.41, 5.74) is 0.882. The van der Waals surface area contributed by atoms with E-state index in [4.69, 9.17) is 4.74 Å². The van der Waals surface area contributed by atoms with Crippen molar-refractivity contribution >= 4 is 11.6 Å². The van der Waals surface area contributed by atoms with Crippen LogP contribution in [0.1, 0.15) is 0 Å². The van der Waals surface area contributed by atoms with Crippen LogP contribution in [0.3, 0.4) is 0 Å². The summed E-state index contributed by atoms with van der Waals surface area (Å²) in [5.74, 6) is 1.25. The molecular weight excluding hydrogens is 182 g/mol. The van der Waals surface area contributed by atoms with Gasteiger partial charge < -0.3 is 10.1 Å². The molecule has 2 rings (SSSR count). The van der Waals surface area contributed by atoms with E-state index >= 15 is 0 Å². The zero-order valence-corrected chi connectivity index (χ0v) is 7.56. The Morgan fingerprint density at radius 2 is 2.07 bits per heavy atom. The number of aromatic amines is 1. The summed E-state index contributed by atoms with van der Waals surface area (Å²) in [5, 5.41) is 16.3. The molecule has 0 bridgehead atoms. The van der Waals surface area contributed by atoms with Crippen molar-refractivity contribution in [1.29, 1.82) is 0 Å². The highest BCUT2D eigenvalue weighted by atomic mass is 16.5. The van der Waals surface area contributed by atoms with Gasteiger partial charge in [0, 0.05) is 5.69 Å². The zero-order chi connectivity index (χ0) is 9.80. The van der Waals surface area contributed by atoms with Gasteiger partial charge in [0.05, 0.1) is 7.11 Å². The van der Waals surface area contributed by atoms with Crippen molar-refractivity contribution in [1.82, 2.24) is 20.6 Å². The Hall–Kier alpha value is -2.11. The van der Waals surface area contributed by atoms with E-state index in [0.717, 1.165) is 11.4 Å². The van der Waals surface area contributed by atoms with Gasteiger partial charge in [0.2, 0.25) is 0 Å². The molecule has 0 aliphatic carbocycles. The molecule has 2 aromatic rings. The number of tetrazole rings is 1. The first-order chi connectivity index (χ1) is 6.88. The number of anilines is 2. The largest absolute Gasteiger partial charge is 0.497 e. The van der Waals surface area contributed by atoms with Gasteiger partial charge in [-0.3, -0.25) is 0 Å². The number of hydrogen-bond donors (Lipinski definition) is 2. The maximum absolute atomic E-state index is 5.03. The molecule has 1 aromatic heterocycles. The molecule has 0 saturated carbocycles. The molecule has 72 valence electrons. The highest BCUT2D eigenvalue weighted by Gasteiger charge is 1.98. The van der Waals surface area contributed by atoms with Gasteiger partial charge in [-0.15, -0.1) is 5.10 Å². The summed E-state index contributed by atoms with van der Waals surface area (Å²) in [4.78, 5) is 0. The number of aromatic nitrogens is 4. The van der Waals surface area contributed by atoms with Crippen LogP contribution in [-0.2, 0) is 0 Å². The predicted molar refractivity (Wildman–Crippen MR) is 50.5 cm³/mol. The molecular formula is C8H9N5O. The topological polar surface area (TPSA) is 75.7 Å². The maximum Gasteiger partial charge on any atom is 0.267 e. The zero-order valence-electron chi connectivity index (χ0n) is 7.56. The van der Waals surface area contributed by atoms with E-state index < -0.39 is 0 Å². The SMILES string of the molecule is COc1ccc(Nc2nn[nH]n2)cc1. The number of nitrogens with zero attached hydrogens (tertiary/aromatic N) is 3. The number of H-pyrrole nitrogens is 1. The molecule has 0 saturated heterocycles. The first-order valence-electron chi connectivity index (χ1n) is 4.03. The van der Waals surface area contributed by atoms with Crippen molar-refractivity contribution < 1.29 is 4.74 Å². The summed E-state index contributed by atoms with van der Waals surface area (Å²) in [6.07, 6.45) is 0. The molecule has 6 heteroatoms. The molecule has 1 aromatic carbocycles.